The van der Waals surface area contributed by atoms with E-state index in [1.807, 2.05) is 32.2 Å². The molecule has 0 spiro atoms. The molecule has 1 saturated heterocycles. The molecule has 0 amide bonds. The van der Waals surface area contributed by atoms with Gasteiger partial charge in [0, 0.05) is 38.1 Å². The average Bonchev–Trinajstić information content (AvgIpc) is 2.64. The van der Waals surface area contributed by atoms with Crippen molar-refractivity contribution in [1.29, 1.82) is 0 Å². The molecular weight excluding hydrogens is 505 g/mol. The molecule has 2 rings (SSSR count). The van der Waals surface area contributed by atoms with Crippen molar-refractivity contribution in [3.05, 3.63) is 23.9 Å². The van der Waals surface area contributed by atoms with Crippen molar-refractivity contribution in [3.8, 4) is 0 Å². The maximum absolute atomic E-state index is 11.3. The lowest BCUT2D eigenvalue weighted by molar-refractivity contribution is 0.0529. The minimum Gasteiger partial charge on any atom is -0.375 e. The highest BCUT2D eigenvalue weighted by Crippen LogP contribution is 2.15. The van der Waals surface area contributed by atoms with Crippen LogP contribution in [0.15, 0.2) is 23.3 Å². The quantitative estimate of drug-likeness (QED) is 0.296. The molecule has 8 nitrogen and oxygen atoms in total. The first-order chi connectivity index (χ1) is 13.3. The molecule has 1 aliphatic rings. The Hall–Kier alpha value is -1.14. The number of nitrogens with one attached hydrogen (secondary N) is 2. The first-order valence-electron chi connectivity index (χ1n) is 9.81. The summed E-state index contributed by atoms with van der Waals surface area (Å²) in [5, 5.41) is 6.46. The van der Waals surface area contributed by atoms with Gasteiger partial charge in [-0.1, -0.05) is 6.07 Å². The minimum atomic E-state index is -2.96. The summed E-state index contributed by atoms with van der Waals surface area (Å²) in [5.41, 5.74) is 1.02. The minimum absolute atomic E-state index is 0. The van der Waals surface area contributed by atoms with Gasteiger partial charge >= 0.3 is 0 Å². The van der Waals surface area contributed by atoms with Gasteiger partial charge in [0.2, 0.25) is 0 Å². The van der Waals surface area contributed by atoms with E-state index in [2.05, 4.69) is 32.4 Å². The number of morpholine rings is 1. The van der Waals surface area contributed by atoms with E-state index in [9.17, 15) is 8.42 Å². The standard InChI is InChI=1S/C19H33N5O3S.HI/c1-5-20-19(23-15(2)8-11-28(4,25)26)22-13-17-6-7-18(21-12-17)24-9-10-27-16(3)14-24;/h6-7,12,15-16H,5,8-11,13-14H2,1-4H3,(H2,20,22,23);1H. The molecule has 1 fully saturated rings. The van der Waals surface area contributed by atoms with Gasteiger partial charge in [0.05, 0.1) is 25.0 Å². The third-order valence-electron chi connectivity index (χ3n) is 4.44. The van der Waals surface area contributed by atoms with Crippen LogP contribution in [0.2, 0.25) is 0 Å². The van der Waals surface area contributed by atoms with Crippen LogP contribution >= 0.6 is 24.0 Å². The second-order valence-corrected chi connectivity index (χ2v) is 9.57. The van der Waals surface area contributed by atoms with E-state index in [4.69, 9.17) is 4.74 Å². The Morgan fingerprint density at radius 3 is 2.79 bits per heavy atom. The Balaban J connectivity index is 0.00000420. The van der Waals surface area contributed by atoms with Crippen LogP contribution in [0.5, 0.6) is 0 Å². The Morgan fingerprint density at radius 2 is 2.21 bits per heavy atom. The molecule has 0 aromatic carbocycles. The van der Waals surface area contributed by atoms with Gasteiger partial charge in [-0.15, -0.1) is 24.0 Å². The largest absolute Gasteiger partial charge is 0.375 e. The number of halogens is 1. The van der Waals surface area contributed by atoms with Gasteiger partial charge in [-0.2, -0.15) is 0 Å². The lowest BCUT2D eigenvalue weighted by Gasteiger charge is -2.32. The molecule has 0 bridgehead atoms. The number of rotatable bonds is 8. The summed E-state index contributed by atoms with van der Waals surface area (Å²) in [6.45, 7) is 9.69. The molecule has 2 atom stereocenters. The predicted octanol–water partition coefficient (Wildman–Crippen LogP) is 1.80. The van der Waals surface area contributed by atoms with E-state index in [0.717, 1.165) is 37.6 Å². The molecule has 0 aliphatic carbocycles. The maximum atomic E-state index is 11.3. The zero-order chi connectivity index (χ0) is 20.6. The van der Waals surface area contributed by atoms with Crippen LogP contribution in [-0.2, 0) is 21.1 Å². The van der Waals surface area contributed by atoms with Gasteiger partial charge in [0.15, 0.2) is 5.96 Å². The van der Waals surface area contributed by atoms with Crippen LogP contribution in [-0.4, -0.2) is 69.8 Å². The summed E-state index contributed by atoms with van der Waals surface area (Å²) in [5.74, 6) is 1.79. The monoisotopic (exact) mass is 539 g/mol. The molecule has 166 valence electrons. The first kappa shape index (κ1) is 25.9. The normalized spacial score (nSPS) is 18.7. The van der Waals surface area contributed by atoms with Crippen molar-refractivity contribution in [2.75, 3.05) is 43.1 Å². The van der Waals surface area contributed by atoms with Crippen LogP contribution in [0.1, 0.15) is 32.8 Å². The van der Waals surface area contributed by atoms with Crippen molar-refractivity contribution >= 4 is 45.6 Å². The van der Waals surface area contributed by atoms with Gasteiger partial charge < -0.3 is 20.3 Å². The number of hydrogen-bond acceptors (Lipinski definition) is 6. The van der Waals surface area contributed by atoms with Crippen LogP contribution in [0.4, 0.5) is 5.82 Å². The number of anilines is 1. The van der Waals surface area contributed by atoms with Gasteiger partial charge in [-0.05, 0) is 38.8 Å². The summed E-state index contributed by atoms with van der Waals surface area (Å²) in [6.07, 6.45) is 3.87. The summed E-state index contributed by atoms with van der Waals surface area (Å²) < 4.78 is 28.2. The highest BCUT2D eigenvalue weighted by atomic mass is 127. The highest BCUT2D eigenvalue weighted by molar-refractivity contribution is 14.0. The van der Waals surface area contributed by atoms with Crippen molar-refractivity contribution in [1.82, 2.24) is 15.6 Å². The number of nitrogens with zero attached hydrogens (tertiary/aromatic N) is 3. The molecule has 2 heterocycles. The molecule has 1 aromatic rings. The second kappa shape index (κ2) is 12.5. The lowest BCUT2D eigenvalue weighted by Crippen LogP contribution is -2.42. The topological polar surface area (TPSA) is 95.9 Å². The van der Waals surface area contributed by atoms with Crippen molar-refractivity contribution in [2.45, 2.75) is 45.9 Å². The number of sulfone groups is 1. The Labute approximate surface area is 191 Å². The lowest BCUT2D eigenvalue weighted by atomic mass is 10.2. The molecule has 29 heavy (non-hydrogen) atoms. The average molecular weight is 539 g/mol. The van der Waals surface area contributed by atoms with Crippen molar-refractivity contribution < 1.29 is 13.2 Å². The number of pyridine rings is 1. The van der Waals surface area contributed by atoms with Gasteiger partial charge in [0.25, 0.3) is 0 Å². The summed E-state index contributed by atoms with van der Waals surface area (Å²) in [6, 6.07) is 4.08. The third kappa shape index (κ3) is 9.94. The summed E-state index contributed by atoms with van der Waals surface area (Å²) in [7, 11) is -2.96. The molecule has 1 aliphatic heterocycles. The van der Waals surface area contributed by atoms with E-state index in [1.165, 1.54) is 6.26 Å². The van der Waals surface area contributed by atoms with Crippen LogP contribution in [0.25, 0.3) is 0 Å². The van der Waals surface area contributed by atoms with Crippen LogP contribution in [0, 0.1) is 0 Å². The van der Waals surface area contributed by atoms with Gasteiger partial charge in [-0.3, -0.25) is 0 Å². The second-order valence-electron chi connectivity index (χ2n) is 7.31. The van der Waals surface area contributed by atoms with E-state index >= 15 is 0 Å². The number of aromatic nitrogens is 1. The van der Waals surface area contributed by atoms with Gasteiger partial charge in [-0.25, -0.2) is 18.4 Å². The zero-order valence-corrected chi connectivity index (χ0v) is 20.9. The fraction of sp³-hybridized carbons (Fsp3) is 0.684. The molecule has 0 radical (unpaired) electrons. The fourth-order valence-corrected chi connectivity index (χ4v) is 3.69. The number of hydrogen-bond donors (Lipinski definition) is 2. The predicted molar refractivity (Wildman–Crippen MR) is 129 cm³/mol. The third-order valence-corrected chi connectivity index (χ3v) is 5.42. The number of guanidine groups is 1. The van der Waals surface area contributed by atoms with Crippen molar-refractivity contribution in [2.24, 2.45) is 4.99 Å². The molecule has 10 heteroatoms. The van der Waals surface area contributed by atoms with E-state index in [0.29, 0.717) is 18.9 Å². The summed E-state index contributed by atoms with van der Waals surface area (Å²) >= 11 is 0. The molecular formula is C19H34IN5O3S. The highest BCUT2D eigenvalue weighted by Gasteiger charge is 2.17. The number of ether oxygens (including phenoxy) is 1. The first-order valence-corrected chi connectivity index (χ1v) is 11.9. The smallest absolute Gasteiger partial charge is 0.191 e. The molecule has 2 unspecified atom stereocenters. The van der Waals surface area contributed by atoms with E-state index < -0.39 is 9.84 Å². The van der Waals surface area contributed by atoms with Gasteiger partial charge in [0.1, 0.15) is 15.7 Å². The SMILES string of the molecule is CCNC(=NCc1ccc(N2CCOC(C)C2)nc1)NC(C)CCS(C)(=O)=O.I. The Bertz CT molecular complexity index is 743. The fourth-order valence-electron chi connectivity index (χ4n) is 2.91. The van der Waals surface area contributed by atoms with Crippen molar-refractivity contribution in [3.63, 3.8) is 0 Å². The summed E-state index contributed by atoms with van der Waals surface area (Å²) in [4.78, 5) is 11.4. The number of aliphatic imine (C=N–C) groups is 1. The maximum Gasteiger partial charge on any atom is 0.191 e. The molecule has 2 N–H and O–H groups in total. The Morgan fingerprint density at radius 1 is 1.45 bits per heavy atom. The zero-order valence-electron chi connectivity index (χ0n) is 17.7. The van der Waals surface area contributed by atoms with Crippen LogP contribution < -0.4 is 15.5 Å². The van der Waals surface area contributed by atoms with Crippen LogP contribution in [0.3, 0.4) is 0 Å². The molecule has 0 saturated carbocycles. The van der Waals surface area contributed by atoms with E-state index in [1.54, 1.807) is 0 Å². The molecule has 1 aromatic heterocycles. The Kier molecular flexibility index (Phi) is 11.2. The van der Waals surface area contributed by atoms with E-state index in [-0.39, 0.29) is 41.9 Å².